The highest BCUT2D eigenvalue weighted by molar-refractivity contribution is 5.80. The fraction of sp³-hybridized carbons (Fsp3) is 0.769. The Bertz CT molecular complexity index is 419. The molecule has 21 heavy (non-hydrogen) atoms. The molecule has 1 rings (SSSR count). The van der Waals surface area contributed by atoms with E-state index in [1.165, 1.54) is 16.8 Å². The third-order valence-corrected chi connectivity index (χ3v) is 3.48. The average molecular weight is 300 g/mol. The molecule has 1 saturated heterocycles. The van der Waals surface area contributed by atoms with Crippen LogP contribution in [0.1, 0.15) is 20.8 Å². The second-order valence-electron chi connectivity index (χ2n) is 6.01. The van der Waals surface area contributed by atoms with E-state index >= 15 is 0 Å². The van der Waals surface area contributed by atoms with Crippen molar-refractivity contribution in [1.29, 1.82) is 0 Å². The zero-order chi connectivity index (χ0) is 16.2. The van der Waals surface area contributed by atoms with Crippen LogP contribution in [0.25, 0.3) is 0 Å². The summed E-state index contributed by atoms with van der Waals surface area (Å²) < 4.78 is 4.95. The number of carbonyl (C=O) groups is 3. The number of nitrogens with zero attached hydrogens (tertiary/aromatic N) is 2. The summed E-state index contributed by atoms with van der Waals surface area (Å²) in [6, 6.07) is -0.346. The van der Waals surface area contributed by atoms with Crippen molar-refractivity contribution in [1.82, 2.24) is 15.1 Å². The molecule has 3 amide bonds. The van der Waals surface area contributed by atoms with E-state index in [-0.39, 0.29) is 37.7 Å². The predicted molar refractivity (Wildman–Crippen MR) is 72.3 cm³/mol. The van der Waals surface area contributed by atoms with Crippen molar-refractivity contribution in [3.63, 3.8) is 0 Å². The molecular formula is C13H22N3O5-. The van der Waals surface area contributed by atoms with Crippen LogP contribution < -0.4 is 10.4 Å². The molecule has 0 radical (unpaired) electrons. The third-order valence-electron chi connectivity index (χ3n) is 3.48. The second-order valence-corrected chi connectivity index (χ2v) is 6.01. The van der Waals surface area contributed by atoms with E-state index in [1.54, 1.807) is 0 Å². The Morgan fingerprint density at radius 3 is 2.38 bits per heavy atom. The van der Waals surface area contributed by atoms with E-state index < -0.39 is 18.1 Å². The Balaban J connectivity index is 2.77. The average Bonchev–Trinajstić information content (AvgIpc) is 2.42. The van der Waals surface area contributed by atoms with Crippen LogP contribution in [0.4, 0.5) is 9.59 Å². The number of ether oxygens (including phenoxy) is 1. The van der Waals surface area contributed by atoms with Crippen LogP contribution in [0.15, 0.2) is 0 Å². The van der Waals surface area contributed by atoms with Gasteiger partial charge in [-0.15, -0.1) is 0 Å². The summed E-state index contributed by atoms with van der Waals surface area (Å²) in [5.74, 6) is -0.399. The van der Waals surface area contributed by atoms with Crippen LogP contribution in [0, 0.1) is 5.41 Å². The molecule has 1 fully saturated rings. The predicted octanol–water partition coefficient (Wildman–Crippen LogP) is -0.755. The lowest BCUT2D eigenvalue weighted by molar-refractivity contribution is -0.268. The number of hydrogen-bond acceptors (Lipinski definition) is 5. The van der Waals surface area contributed by atoms with Gasteiger partial charge in [-0.3, -0.25) is 4.79 Å². The molecule has 120 valence electrons. The third kappa shape index (κ3) is 4.51. The lowest BCUT2D eigenvalue weighted by atomic mass is 9.84. The number of amides is 3. The molecular weight excluding hydrogens is 278 g/mol. The van der Waals surface area contributed by atoms with Gasteiger partial charge >= 0.3 is 6.09 Å². The van der Waals surface area contributed by atoms with Crippen molar-refractivity contribution in [2.24, 2.45) is 5.41 Å². The highest BCUT2D eigenvalue weighted by atomic mass is 16.6. The number of rotatable bonds is 2. The van der Waals surface area contributed by atoms with Crippen LogP contribution in [-0.2, 0) is 9.53 Å². The maximum absolute atomic E-state index is 12.1. The van der Waals surface area contributed by atoms with Gasteiger partial charge in [0.15, 0.2) is 6.61 Å². The zero-order valence-corrected chi connectivity index (χ0v) is 12.8. The fourth-order valence-electron chi connectivity index (χ4n) is 2.19. The molecule has 1 atom stereocenters. The van der Waals surface area contributed by atoms with Crippen molar-refractivity contribution in [2.75, 3.05) is 33.3 Å². The van der Waals surface area contributed by atoms with Gasteiger partial charge in [0.25, 0.3) is 5.91 Å². The molecule has 8 heteroatoms. The molecule has 0 bridgehead atoms. The van der Waals surface area contributed by atoms with Crippen molar-refractivity contribution in [3.8, 4) is 0 Å². The molecule has 1 aliphatic rings. The Hall–Kier alpha value is -1.99. The summed E-state index contributed by atoms with van der Waals surface area (Å²) in [6.07, 6.45) is -1.86. The number of piperazine rings is 1. The first-order valence-electron chi connectivity index (χ1n) is 6.76. The van der Waals surface area contributed by atoms with Gasteiger partial charge in [0.1, 0.15) is 6.09 Å². The van der Waals surface area contributed by atoms with Gasteiger partial charge < -0.3 is 29.8 Å². The van der Waals surface area contributed by atoms with Gasteiger partial charge in [0, 0.05) is 26.7 Å². The summed E-state index contributed by atoms with van der Waals surface area (Å²) in [7, 11) is 1.45. The molecule has 1 aliphatic heterocycles. The normalized spacial score (nSPS) is 19.1. The maximum Gasteiger partial charge on any atom is 0.410 e. The molecule has 8 nitrogen and oxygen atoms in total. The summed E-state index contributed by atoms with van der Waals surface area (Å²) in [5.41, 5.74) is -0.333. The lowest BCUT2D eigenvalue weighted by Gasteiger charge is -2.47. The molecule has 0 saturated carbocycles. The van der Waals surface area contributed by atoms with Gasteiger partial charge in [-0.2, -0.15) is 0 Å². The van der Waals surface area contributed by atoms with Crippen molar-refractivity contribution < 1.29 is 24.2 Å². The minimum absolute atomic E-state index is 0.168. The summed E-state index contributed by atoms with van der Waals surface area (Å²) >= 11 is 0. The SMILES string of the molecule is CNC(=O)COC(=O)N1CCN(C(=O)[O-])CC1C(C)(C)C. The first kappa shape index (κ1) is 17.1. The molecule has 0 aliphatic carbocycles. The number of hydrogen-bond donors (Lipinski definition) is 1. The van der Waals surface area contributed by atoms with E-state index in [9.17, 15) is 19.5 Å². The number of likely N-dealkylation sites (N-methyl/N-ethyl adjacent to an activating group) is 1. The summed E-state index contributed by atoms with van der Waals surface area (Å²) in [4.78, 5) is 36.9. The van der Waals surface area contributed by atoms with Gasteiger partial charge in [-0.05, 0) is 5.41 Å². The summed E-state index contributed by atoms with van der Waals surface area (Å²) in [6.45, 7) is 5.93. The molecule has 1 unspecified atom stereocenters. The Morgan fingerprint density at radius 1 is 1.29 bits per heavy atom. The Kier molecular flexibility index (Phi) is 5.40. The van der Waals surface area contributed by atoms with E-state index in [4.69, 9.17) is 4.74 Å². The molecule has 1 heterocycles. The van der Waals surface area contributed by atoms with Crippen molar-refractivity contribution in [2.45, 2.75) is 26.8 Å². The molecule has 0 aromatic carbocycles. The van der Waals surface area contributed by atoms with Gasteiger partial charge in [0.05, 0.1) is 6.04 Å². The smallest absolute Gasteiger partial charge is 0.410 e. The van der Waals surface area contributed by atoms with E-state index in [2.05, 4.69) is 5.32 Å². The van der Waals surface area contributed by atoms with Crippen LogP contribution in [0.2, 0.25) is 0 Å². The quantitative estimate of drug-likeness (QED) is 0.722. The summed E-state index contributed by atoms with van der Waals surface area (Å²) in [5, 5.41) is 13.3. The number of carboxylic acid groups (broad SMARTS) is 1. The van der Waals surface area contributed by atoms with Crippen molar-refractivity contribution >= 4 is 18.1 Å². The largest absolute Gasteiger partial charge is 0.530 e. The van der Waals surface area contributed by atoms with Gasteiger partial charge in [-0.25, -0.2) is 4.79 Å². The second kappa shape index (κ2) is 6.64. The standard InChI is InChI=1S/C13H23N3O5/c1-13(2,3)9-7-15(11(18)19)5-6-16(9)12(20)21-8-10(17)14-4/h9H,5-8H2,1-4H3,(H,14,17)(H,18,19)/p-1. The van der Waals surface area contributed by atoms with Gasteiger partial charge in [0.2, 0.25) is 0 Å². The Morgan fingerprint density at radius 2 is 1.90 bits per heavy atom. The minimum Gasteiger partial charge on any atom is -0.530 e. The van der Waals surface area contributed by atoms with Crippen LogP contribution in [-0.4, -0.2) is 67.2 Å². The van der Waals surface area contributed by atoms with E-state index in [1.807, 2.05) is 20.8 Å². The van der Waals surface area contributed by atoms with E-state index in [0.717, 1.165) is 0 Å². The van der Waals surface area contributed by atoms with E-state index in [0.29, 0.717) is 0 Å². The topological polar surface area (TPSA) is 102 Å². The molecule has 0 aromatic rings. The number of nitrogens with one attached hydrogen (secondary N) is 1. The van der Waals surface area contributed by atoms with Crippen LogP contribution in [0.5, 0.6) is 0 Å². The molecule has 0 aromatic heterocycles. The highest BCUT2D eigenvalue weighted by Gasteiger charge is 2.38. The molecule has 0 spiro atoms. The van der Waals surface area contributed by atoms with Crippen LogP contribution >= 0.6 is 0 Å². The lowest BCUT2D eigenvalue weighted by Crippen LogP contribution is -2.62. The van der Waals surface area contributed by atoms with Crippen molar-refractivity contribution in [3.05, 3.63) is 0 Å². The highest BCUT2D eigenvalue weighted by Crippen LogP contribution is 2.28. The van der Waals surface area contributed by atoms with Gasteiger partial charge in [-0.1, -0.05) is 20.8 Å². The Labute approximate surface area is 124 Å². The monoisotopic (exact) mass is 300 g/mol. The fourth-order valence-corrected chi connectivity index (χ4v) is 2.19. The van der Waals surface area contributed by atoms with Crippen LogP contribution in [0.3, 0.4) is 0 Å². The maximum atomic E-state index is 12.1. The zero-order valence-electron chi connectivity index (χ0n) is 12.8. The number of carbonyl (C=O) groups excluding carboxylic acids is 3. The minimum atomic E-state index is -1.25. The molecule has 1 N–H and O–H groups in total. The first-order valence-corrected chi connectivity index (χ1v) is 6.76. The first-order chi connectivity index (χ1) is 9.66.